The van der Waals surface area contributed by atoms with Gasteiger partial charge in [0, 0.05) is 18.3 Å². The number of rotatable bonds is 6. The number of ether oxygens (including phenoxy) is 1. The zero-order valence-electron chi connectivity index (χ0n) is 18.5. The molecule has 0 bridgehead atoms. The average Bonchev–Trinajstić information content (AvgIpc) is 3.49. The van der Waals surface area contributed by atoms with Gasteiger partial charge in [0.1, 0.15) is 17.6 Å². The molecule has 0 aliphatic carbocycles. The van der Waals surface area contributed by atoms with Gasteiger partial charge in [0.2, 0.25) is 0 Å². The van der Waals surface area contributed by atoms with Crippen molar-refractivity contribution in [1.29, 1.82) is 0 Å². The predicted octanol–water partition coefficient (Wildman–Crippen LogP) is 5.30. The van der Waals surface area contributed by atoms with E-state index >= 15 is 0 Å². The maximum absolute atomic E-state index is 12.3. The van der Waals surface area contributed by atoms with Crippen LogP contribution in [0.5, 0.6) is 0 Å². The molecule has 2 unspecified atom stereocenters. The van der Waals surface area contributed by atoms with E-state index in [1.54, 1.807) is 18.3 Å². The topological polar surface area (TPSA) is 67.6 Å². The number of nitrogens with one attached hydrogen (secondary N) is 1. The molecule has 6 nitrogen and oxygen atoms in total. The number of hydrogen-bond acceptors (Lipinski definition) is 5. The Morgan fingerprint density at radius 2 is 1.79 bits per heavy atom. The first-order valence-corrected chi connectivity index (χ1v) is 11.4. The zero-order valence-corrected chi connectivity index (χ0v) is 19.4. The lowest BCUT2D eigenvalue weighted by atomic mass is 10.0. The fourth-order valence-electron chi connectivity index (χ4n) is 4.31. The first-order valence-electron chi connectivity index (χ1n) is 10.9. The van der Waals surface area contributed by atoms with E-state index in [1.807, 2.05) is 60.7 Å². The minimum Gasteiger partial charge on any atom is -0.465 e. The third-order valence-corrected chi connectivity index (χ3v) is 6.26. The Balaban J connectivity index is 1.55. The molecule has 0 saturated carbocycles. The molecule has 0 amide bonds. The van der Waals surface area contributed by atoms with Gasteiger partial charge < -0.3 is 19.4 Å². The van der Waals surface area contributed by atoms with Crippen LogP contribution in [-0.4, -0.2) is 28.1 Å². The number of esters is 1. The first kappa shape index (κ1) is 21.9. The molecule has 2 aromatic carbocycles. The van der Waals surface area contributed by atoms with Crippen LogP contribution in [0.1, 0.15) is 39.5 Å². The molecule has 5 rings (SSSR count). The van der Waals surface area contributed by atoms with Crippen molar-refractivity contribution in [2.45, 2.75) is 18.6 Å². The molecule has 1 aliphatic heterocycles. The minimum atomic E-state index is -0.408. The van der Waals surface area contributed by atoms with E-state index in [2.05, 4.69) is 27.3 Å². The van der Waals surface area contributed by atoms with Crippen molar-refractivity contribution in [2.24, 2.45) is 0 Å². The summed E-state index contributed by atoms with van der Waals surface area (Å²) in [5.41, 5.74) is 3.14. The van der Waals surface area contributed by atoms with Crippen LogP contribution in [0.3, 0.4) is 0 Å². The average molecular weight is 470 g/mol. The van der Waals surface area contributed by atoms with Gasteiger partial charge in [0.25, 0.3) is 0 Å². The van der Waals surface area contributed by atoms with Gasteiger partial charge >= 0.3 is 5.97 Å². The summed E-state index contributed by atoms with van der Waals surface area (Å²) < 4.78 is 11.3. The third-order valence-electron chi connectivity index (χ3n) is 5.91. The maximum Gasteiger partial charge on any atom is 0.338 e. The van der Waals surface area contributed by atoms with Gasteiger partial charge in [-0.05, 0) is 48.1 Å². The van der Waals surface area contributed by atoms with Crippen LogP contribution in [0.4, 0.5) is 0 Å². The standard InChI is InChI=1S/C27H23N3O3S/c1-32-26(31)20-12-6-5-11-19(20)22-14-15-23(33-22)25-24(21-13-7-8-16-28-21)29-27(34)30(25)17-18-9-3-2-4-10-18/h2-16,24-25H,17H2,1H3,(H,29,34). The van der Waals surface area contributed by atoms with Crippen LogP contribution in [0.25, 0.3) is 11.3 Å². The van der Waals surface area contributed by atoms with E-state index in [-0.39, 0.29) is 12.1 Å². The van der Waals surface area contributed by atoms with Gasteiger partial charge in [-0.3, -0.25) is 4.98 Å². The van der Waals surface area contributed by atoms with Crippen molar-refractivity contribution in [3.05, 3.63) is 114 Å². The van der Waals surface area contributed by atoms with Crippen molar-refractivity contribution >= 4 is 23.3 Å². The maximum atomic E-state index is 12.3. The number of benzene rings is 2. The van der Waals surface area contributed by atoms with Crippen LogP contribution >= 0.6 is 12.2 Å². The highest BCUT2D eigenvalue weighted by molar-refractivity contribution is 7.80. The van der Waals surface area contributed by atoms with Crippen LogP contribution in [0, 0.1) is 0 Å². The number of nitrogens with zero attached hydrogens (tertiary/aromatic N) is 2. The molecule has 7 heteroatoms. The minimum absolute atomic E-state index is 0.188. The van der Waals surface area contributed by atoms with Crippen LogP contribution in [0.15, 0.2) is 95.5 Å². The van der Waals surface area contributed by atoms with E-state index in [1.165, 1.54) is 7.11 Å². The van der Waals surface area contributed by atoms with E-state index in [9.17, 15) is 4.79 Å². The molecule has 34 heavy (non-hydrogen) atoms. The Kier molecular flexibility index (Phi) is 6.10. The quantitative estimate of drug-likeness (QED) is 0.304. The van der Waals surface area contributed by atoms with E-state index in [0.29, 0.717) is 28.5 Å². The largest absolute Gasteiger partial charge is 0.465 e. The fraction of sp³-hybridized carbons (Fsp3) is 0.148. The molecule has 4 aromatic rings. The van der Waals surface area contributed by atoms with E-state index < -0.39 is 5.97 Å². The van der Waals surface area contributed by atoms with Crippen molar-refractivity contribution < 1.29 is 13.9 Å². The highest BCUT2D eigenvalue weighted by Gasteiger charge is 2.41. The number of furan rings is 1. The summed E-state index contributed by atoms with van der Waals surface area (Å²) in [6, 6.07) is 26.7. The molecule has 1 fully saturated rings. The molecular formula is C27H23N3O3S. The molecule has 3 heterocycles. The molecule has 170 valence electrons. The Bertz CT molecular complexity index is 1310. The van der Waals surface area contributed by atoms with Gasteiger partial charge in [-0.2, -0.15) is 0 Å². The highest BCUT2D eigenvalue weighted by atomic mass is 32.1. The van der Waals surface area contributed by atoms with Gasteiger partial charge in [-0.1, -0.05) is 54.6 Å². The molecule has 1 saturated heterocycles. The normalized spacial score (nSPS) is 17.4. The molecule has 2 aromatic heterocycles. The summed E-state index contributed by atoms with van der Waals surface area (Å²) in [5, 5.41) is 4.07. The molecule has 1 aliphatic rings. The van der Waals surface area contributed by atoms with Gasteiger partial charge in [0.15, 0.2) is 5.11 Å². The summed E-state index contributed by atoms with van der Waals surface area (Å²) in [4.78, 5) is 19.0. The lowest BCUT2D eigenvalue weighted by Gasteiger charge is -2.26. The second-order valence-electron chi connectivity index (χ2n) is 7.98. The van der Waals surface area contributed by atoms with Crippen molar-refractivity contribution in [2.75, 3.05) is 7.11 Å². The first-order chi connectivity index (χ1) is 16.7. The molecule has 1 N–H and O–H groups in total. The number of pyridine rings is 1. The Morgan fingerprint density at radius 3 is 2.56 bits per heavy atom. The van der Waals surface area contributed by atoms with Crippen LogP contribution in [0.2, 0.25) is 0 Å². The van der Waals surface area contributed by atoms with Gasteiger partial charge in [-0.15, -0.1) is 0 Å². The van der Waals surface area contributed by atoms with Crippen molar-refractivity contribution in [3.8, 4) is 11.3 Å². The molecule has 0 radical (unpaired) electrons. The van der Waals surface area contributed by atoms with Crippen LogP contribution in [-0.2, 0) is 11.3 Å². The second kappa shape index (κ2) is 9.49. The SMILES string of the molecule is COC(=O)c1ccccc1-c1ccc(C2C(c3ccccn3)NC(=S)N2Cc2ccccc2)o1. The van der Waals surface area contributed by atoms with Gasteiger partial charge in [-0.25, -0.2) is 4.79 Å². The summed E-state index contributed by atoms with van der Waals surface area (Å²) in [7, 11) is 1.37. The number of hydrogen-bond donors (Lipinski definition) is 1. The molecule has 0 spiro atoms. The summed E-state index contributed by atoms with van der Waals surface area (Å²) in [5.74, 6) is 0.913. The second-order valence-corrected chi connectivity index (χ2v) is 8.37. The van der Waals surface area contributed by atoms with Crippen molar-refractivity contribution in [1.82, 2.24) is 15.2 Å². The summed E-state index contributed by atoms with van der Waals surface area (Å²) >= 11 is 5.75. The lowest BCUT2D eigenvalue weighted by Crippen LogP contribution is -2.29. The molecular weight excluding hydrogens is 446 g/mol. The zero-order chi connectivity index (χ0) is 23.5. The number of thiocarbonyl (C=S) groups is 1. The lowest BCUT2D eigenvalue weighted by molar-refractivity contribution is 0.0601. The van der Waals surface area contributed by atoms with Gasteiger partial charge in [0.05, 0.1) is 24.4 Å². The number of methoxy groups -OCH3 is 1. The number of aromatic nitrogens is 1. The number of carbonyl (C=O) groups is 1. The summed E-state index contributed by atoms with van der Waals surface area (Å²) in [6.07, 6.45) is 1.77. The highest BCUT2D eigenvalue weighted by Crippen LogP contribution is 2.41. The Morgan fingerprint density at radius 1 is 1.03 bits per heavy atom. The van der Waals surface area contributed by atoms with Crippen LogP contribution < -0.4 is 5.32 Å². The smallest absolute Gasteiger partial charge is 0.338 e. The van der Waals surface area contributed by atoms with Crippen molar-refractivity contribution in [3.63, 3.8) is 0 Å². The summed E-state index contributed by atoms with van der Waals surface area (Å²) in [6.45, 7) is 0.620. The van der Waals surface area contributed by atoms with E-state index in [0.717, 1.165) is 17.0 Å². The fourth-order valence-corrected chi connectivity index (χ4v) is 4.61. The molecule has 2 atom stereocenters. The monoisotopic (exact) mass is 469 g/mol. The Labute approximate surface area is 203 Å². The predicted molar refractivity (Wildman–Crippen MR) is 133 cm³/mol. The number of carbonyl (C=O) groups excluding carboxylic acids is 1. The Hall–Kier alpha value is -3.97. The van der Waals surface area contributed by atoms with E-state index in [4.69, 9.17) is 21.4 Å². The third kappa shape index (κ3) is 4.18.